The molecule has 0 aliphatic carbocycles. The molecule has 9 nitrogen and oxygen atoms in total. The normalized spacial score (nSPS) is 22.5. The number of cyclic esters (lactones) is 2. The molecule has 0 bridgehead atoms. The number of nitrogens with two attached hydrogens (primary N) is 1. The summed E-state index contributed by atoms with van der Waals surface area (Å²) in [6.07, 6.45) is 4.28. The second kappa shape index (κ2) is 11.3. The van der Waals surface area contributed by atoms with Crippen molar-refractivity contribution in [3.05, 3.63) is 45.8 Å². The third-order valence-electron chi connectivity index (χ3n) is 5.73. The van der Waals surface area contributed by atoms with Gasteiger partial charge in [0.25, 0.3) is 0 Å². The Balaban J connectivity index is 1.60. The van der Waals surface area contributed by atoms with Crippen LogP contribution in [0.25, 0.3) is 10.9 Å². The Morgan fingerprint density at radius 3 is 2.26 bits per heavy atom. The number of fused-ring (bicyclic) bond motifs is 1. The van der Waals surface area contributed by atoms with Crippen LogP contribution in [0.2, 0.25) is 0 Å². The molecule has 4 rings (SSSR count). The number of esters is 2. The summed E-state index contributed by atoms with van der Waals surface area (Å²) >= 11 is 1.96. The van der Waals surface area contributed by atoms with E-state index in [4.69, 9.17) is 10.5 Å². The van der Waals surface area contributed by atoms with Crippen LogP contribution in [0.4, 0.5) is 0 Å². The summed E-state index contributed by atoms with van der Waals surface area (Å²) in [4.78, 5) is 53.9. The number of hydrogen-bond donors (Lipinski definition) is 4. The molecule has 2 aliphatic rings. The van der Waals surface area contributed by atoms with Crippen LogP contribution in [0.5, 0.6) is 0 Å². The summed E-state index contributed by atoms with van der Waals surface area (Å²) < 4.78 is 4.74. The number of ether oxygens (including phenoxy) is 1. The number of hydrazine groups is 1. The molecule has 11 heteroatoms. The lowest BCUT2D eigenvalue weighted by Crippen LogP contribution is -2.54. The van der Waals surface area contributed by atoms with Gasteiger partial charge in [-0.15, -0.1) is 23.5 Å². The molecule has 0 saturated heterocycles. The van der Waals surface area contributed by atoms with Gasteiger partial charge in [0, 0.05) is 17.1 Å². The first kappa shape index (κ1) is 24.7. The highest BCUT2D eigenvalue weighted by atomic mass is 32.2. The fourth-order valence-corrected chi connectivity index (χ4v) is 5.95. The van der Waals surface area contributed by atoms with Gasteiger partial charge in [0.15, 0.2) is 11.6 Å². The highest BCUT2D eigenvalue weighted by Gasteiger charge is 2.36. The minimum Gasteiger partial charge on any atom is -0.385 e. The van der Waals surface area contributed by atoms with E-state index in [-0.39, 0.29) is 32.9 Å². The molecule has 0 unspecified atom stereocenters. The van der Waals surface area contributed by atoms with E-state index in [1.54, 1.807) is 0 Å². The Labute approximate surface area is 205 Å². The van der Waals surface area contributed by atoms with Gasteiger partial charge in [-0.1, -0.05) is 24.6 Å². The number of aromatic amines is 1. The Morgan fingerprint density at radius 1 is 0.912 bits per heavy atom. The van der Waals surface area contributed by atoms with E-state index in [0.717, 1.165) is 52.8 Å². The number of H-pyrrole nitrogens is 1. The zero-order chi connectivity index (χ0) is 24.1. The van der Waals surface area contributed by atoms with Crippen molar-refractivity contribution < 1.29 is 23.9 Å². The quantitative estimate of drug-likeness (QED) is 0.261. The molecule has 2 atom stereocenters. The Morgan fingerprint density at radius 2 is 1.56 bits per heavy atom. The minimum absolute atomic E-state index is 0.00477. The van der Waals surface area contributed by atoms with E-state index in [1.165, 1.54) is 0 Å². The summed E-state index contributed by atoms with van der Waals surface area (Å²) in [7, 11) is 0. The van der Waals surface area contributed by atoms with Crippen LogP contribution in [-0.4, -0.2) is 58.6 Å². The van der Waals surface area contributed by atoms with Crippen LogP contribution in [0.1, 0.15) is 24.8 Å². The van der Waals surface area contributed by atoms with Crippen LogP contribution in [-0.2, 0) is 30.3 Å². The van der Waals surface area contributed by atoms with Crippen LogP contribution in [0.3, 0.4) is 0 Å². The maximum absolute atomic E-state index is 13.2. The molecular formula is C23H26N4O5S2. The first-order valence-corrected chi connectivity index (χ1v) is 13.0. The second-order valence-corrected chi connectivity index (χ2v) is 10.1. The van der Waals surface area contributed by atoms with Gasteiger partial charge in [-0.05, 0) is 37.4 Å². The molecule has 180 valence electrons. The first-order chi connectivity index (χ1) is 16.5. The standard InChI is InChI=1S/C23H26N4O5S2/c24-8-4-3-7-16-18(28)11-33-20-21(23(31)32-22(20)30)34-12-19(29)17(27-26-16)9-13-10-25-15-6-2-1-5-14(13)15/h1-2,5-6,10,16-17,25-27H,3-4,7-9,11-12,24H2/t16-,17-/m0/s1. The molecule has 0 amide bonds. The summed E-state index contributed by atoms with van der Waals surface area (Å²) in [5.74, 6) is -1.86. The van der Waals surface area contributed by atoms with Crippen molar-refractivity contribution in [2.45, 2.75) is 37.8 Å². The molecule has 1 aromatic carbocycles. The lowest BCUT2D eigenvalue weighted by molar-refractivity contribution is -0.150. The number of hydrogen-bond acceptors (Lipinski definition) is 10. The lowest BCUT2D eigenvalue weighted by Gasteiger charge is -2.24. The van der Waals surface area contributed by atoms with Gasteiger partial charge < -0.3 is 15.5 Å². The number of Topliss-reactive ketones (excluding diaryl/α,β-unsaturated/α-hetero) is 2. The summed E-state index contributed by atoms with van der Waals surface area (Å²) in [6.45, 7) is 0.520. The average Bonchev–Trinajstić information content (AvgIpc) is 3.35. The van der Waals surface area contributed by atoms with Gasteiger partial charge in [0.05, 0.1) is 23.6 Å². The smallest absolute Gasteiger partial charge is 0.353 e. The fourth-order valence-electron chi connectivity index (χ4n) is 3.87. The third kappa shape index (κ3) is 5.61. The van der Waals surface area contributed by atoms with Crippen molar-refractivity contribution in [3.63, 3.8) is 0 Å². The minimum atomic E-state index is -0.770. The highest BCUT2D eigenvalue weighted by molar-refractivity contribution is 8.08. The number of carbonyl (C=O) groups is 4. The fraction of sp³-hybridized carbons (Fsp3) is 0.391. The predicted octanol–water partition coefficient (Wildman–Crippen LogP) is 1.58. The molecule has 34 heavy (non-hydrogen) atoms. The zero-order valence-corrected chi connectivity index (χ0v) is 20.1. The van der Waals surface area contributed by atoms with Gasteiger partial charge in [0.2, 0.25) is 0 Å². The third-order valence-corrected chi connectivity index (χ3v) is 8.04. The van der Waals surface area contributed by atoms with E-state index in [1.807, 2.05) is 30.5 Å². The molecule has 0 radical (unpaired) electrons. The van der Waals surface area contributed by atoms with E-state index in [2.05, 4.69) is 15.8 Å². The predicted molar refractivity (Wildman–Crippen MR) is 132 cm³/mol. The Hall–Kier alpha value is -2.44. The maximum Gasteiger partial charge on any atom is 0.353 e. The molecule has 2 aliphatic heterocycles. The maximum atomic E-state index is 13.2. The van der Waals surface area contributed by atoms with Gasteiger partial charge in [-0.3, -0.25) is 9.59 Å². The van der Waals surface area contributed by atoms with Crippen molar-refractivity contribution in [3.8, 4) is 0 Å². The number of thioether (sulfide) groups is 2. The van der Waals surface area contributed by atoms with Crippen LogP contribution >= 0.6 is 23.5 Å². The van der Waals surface area contributed by atoms with Gasteiger partial charge in [-0.25, -0.2) is 20.4 Å². The van der Waals surface area contributed by atoms with Gasteiger partial charge in [-0.2, -0.15) is 0 Å². The number of aromatic nitrogens is 1. The van der Waals surface area contributed by atoms with Gasteiger partial charge in [0.1, 0.15) is 9.81 Å². The van der Waals surface area contributed by atoms with Crippen LogP contribution in [0, 0.1) is 0 Å². The van der Waals surface area contributed by atoms with Crippen LogP contribution < -0.4 is 16.6 Å². The van der Waals surface area contributed by atoms with Crippen molar-refractivity contribution in [2.24, 2.45) is 5.73 Å². The molecule has 0 fully saturated rings. The Kier molecular flexibility index (Phi) is 8.22. The number of nitrogens with one attached hydrogen (secondary N) is 3. The molecule has 0 saturated carbocycles. The van der Waals surface area contributed by atoms with E-state index < -0.39 is 24.0 Å². The number of benzene rings is 1. The summed E-state index contributed by atoms with van der Waals surface area (Å²) in [5, 5.41) is 1.01. The molecule has 3 heterocycles. The van der Waals surface area contributed by atoms with Crippen LogP contribution in [0.15, 0.2) is 40.3 Å². The second-order valence-electron chi connectivity index (χ2n) is 8.09. The van der Waals surface area contributed by atoms with Crippen molar-refractivity contribution in [1.82, 2.24) is 15.8 Å². The Bertz CT molecular complexity index is 1150. The number of para-hydroxylation sites is 1. The number of ketones is 2. The largest absolute Gasteiger partial charge is 0.385 e. The SMILES string of the molecule is NCCCC[C@@H]1NN[C@@H](Cc2c[nH]c3ccccc23)C(=O)CSC2=C(SCC1=O)C(=O)OC2=O. The number of rotatable bonds is 6. The topological polar surface area (TPSA) is 143 Å². The average molecular weight is 503 g/mol. The molecular weight excluding hydrogens is 476 g/mol. The molecule has 2 aromatic rings. The first-order valence-electron chi connectivity index (χ1n) is 11.1. The van der Waals surface area contributed by atoms with E-state index >= 15 is 0 Å². The molecule has 0 spiro atoms. The molecule has 5 N–H and O–H groups in total. The van der Waals surface area contributed by atoms with Crippen molar-refractivity contribution in [2.75, 3.05) is 18.1 Å². The van der Waals surface area contributed by atoms with E-state index in [0.29, 0.717) is 19.4 Å². The molecule has 1 aromatic heterocycles. The van der Waals surface area contributed by atoms with Gasteiger partial charge >= 0.3 is 11.9 Å². The number of carbonyl (C=O) groups excluding carboxylic acids is 4. The lowest BCUT2D eigenvalue weighted by atomic mass is 10.0. The monoisotopic (exact) mass is 502 g/mol. The highest BCUT2D eigenvalue weighted by Crippen LogP contribution is 2.35. The summed E-state index contributed by atoms with van der Waals surface area (Å²) in [6, 6.07) is 6.59. The van der Waals surface area contributed by atoms with Crippen molar-refractivity contribution >= 4 is 57.9 Å². The number of unbranched alkanes of at least 4 members (excludes halogenated alkanes) is 1. The summed E-state index contributed by atoms with van der Waals surface area (Å²) in [5.41, 5.74) is 13.7. The van der Waals surface area contributed by atoms with E-state index in [9.17, 15) is 19.2 Å². The zero-order valence-electron chi connectivity index (χ0n) is 18.4. The van der Waals surface area contributed by atoms with Crippen molar-refractivity contribution in [1.29, 1.82) is 0 Å².